The Labute approximate surface area is 162 Å². The summed E-state index contributed by atoms with van der Waals surface area (Å²) in [5.41, 5.74) is 3.78. The van der Waals surface area contributed by atoms with Crippen molar-refractivity contribution in [3.05, 3.63) is 69.5 Å². The molecule has 0 saturated heterocycles. The summed E-state index contributed by atoms with van der Waals surface area (Å²) in [6.45, 7) is 3.78. The van der Waals surface area contributed by atoms with Crippen LogP contribution < -0.4 is 0 Å². The van der Waals surface area contributed by atoms with Gasteiger partial charge in [-0.05, 0) is 54.7 Å². The van der Waals surface area contributed by atoms with Crippen molar-refractivity contribution in [2.45, 2.75) is 26.7 Å². The third-order valence-electron chi connectivity index (χ3n) is 4.72. The van der Waals surface area contributed by atoms with Gasteiger partial charge in [-0.1, -0.05) is 41.9 Å². The Bertz CT molecular complexity index is 913. The molecule has 3 nitrogen and oxygen atoms in total. The van der Waals surface area contributed by atoms with Crippen LogP contribution in [0.25, 0.3) is 11.6 Å². The highest BCUT2D eigenvalue weighted by molar-refractivity contribution is 6.32. The van der Waals surface area contributed by atoms with E-state index in [1.165, 1.54) is 6.07 Å². The first-order chi connectivity index (χ1) is 12.9. The van der Waals surface area contributed by atoms with Gasteiger partial charge in [-0.25, -0.2) is 4.39 Å². The molecule has 0 spiro atoms. The van der Waals surface area contributed by atoms with Gasteiger partial charge in [-0.15, -0.1) is 0 Å². The summed E-state index contributed by atoms with van der Waals surface area (Å²) in [7, 11) is 0. The molecule has 0 radical (unpaired) electrons. The molecule has 0 fully saturated rings. The Kier molecular flexibility index (Phi) is 5.76. The van der Waals surface area contributed by atoms with Crippen LogP contribution in [0.3, 0.4) is 0 Å². The fraction of sp³-hybridized carbons (Fsp3) is 0.273. The van der Waals surface area contributed by atoms with Crippen molar-refractivity contribution in [1.29, 1.82) is 0 Å². The van der Waals surface area contributed by atoms with Gasteiger partial charge in [0.2, 0.25) is 0 Å². The molecule has 1 unspecified atom stereocenters. The maximum atomic E-state index is 14.1. The number of halogens is 2. The molecule has 1 atom stereocenters. The summed E-state index contributed by atoms with van der Waals surface area (Å²) in [5.74, 6) is -1.68. The zero-order chi connectivity index (χ0) is 19.6. The number of hydrogen-bond acceptors (Lipinski definition) is 3. The van der Waals surface area contributed by atoms with Crippen molar-refractivity contribution in [3.63, 3.8) is 0 Å². The fourth-order valence-electron chi connectivity index (χ4n) is 3.40. The molecule has 0 heterocycles. The molecule has 0 amide bonds. The highest BCUT2D eigenvalue weighted by Crippen LogP contribution is 2.30. The predicted octanol–water partition coefficient (Wildman–Crippen LogP) is 4.89. The minimum atomic E-state index is -0.724. The lowest BCUT2D eigenvalue weighted by Crippen LogP contribution is -2.33. The maximum absolute atomic E-state index is 14.1. The molecule has 1 aliphatic carbocycles. The van der Waals surface area contributed by atoms with Crippen molar-refractivity contribution in [3.8, 4) is 0 Å². The largest absolute Gasteiger partial charge is 0.465 e. The van der Waals surface area contributed by atoms with Crippen LogP contribution in [0.15, 0.2) is 36.4 Å². The van der Waals surface area contributed by atoms with E-state index in [0.717, 1.165) is 16.7 Å². The second-order valence-electron chi connectivity index (χ2n) is 6.60. The third-order valence-corrected chi connectivity index (χ3v) is 5.03. The van der Waals surface area contributed by atoms with Crippen LogP contribution in [-0.2, 0) is 27.2 Å². The normalized spacial score (nSPS) is 16.8. The number of ether oxygens (including phenoxy) is 1. The summed E-state index contributed by atoms with van der Waals surface area (Å²) in [5, 5.41) is 0.356. The van der Waals surface area contributed by atoms with Gasteiger partial charge >= 0.3 is 5.97 Å². The number of carbonyl (C=O) groups excluding carboxylic acids is 2. The quantitative estimate of drug-likeness (QED) is 0.427. The Morgan fingerprint density at radius 1 is 1.30 bits per heavy atom. The minimum Gasteiger partial charge on any atom is -0.465 e. The number of allylic oxidation sites excluding steroid dienone is 1. The molecular formula is C22H20ClFO3. The Morgan fingerprint density at radius 3 is 2.78 bits per heavy atom. The number of benzene rings is 2. The smallest absolute Gasteiger partial charge is 0.316 e. The standard InChI is InChI=1S/C22H20ClFO3/c1-3-27-22(26)17-11-15-8-7-14(10-16(15)12-20(17)25)9-13(2)21-18(23)5-4-6-19(21)24/h4-10,17H,3,11-12H2,1-2H3/b13-9+. The van der Waals surface area contributed by atoms with E-state index in [2.05, 4.69) is 0 Å². The first kappa shape index (κ1) is 19.3. The van der Waals surface area contributed by atoms with Gasteiger partial charge in [0.15, 0.2) is 5.78 Å². The Balaban J connectivity index is 1.88. The predicted molar refractivity (Wildman–Crippen MR) is 104 cm³/mol. The number of ketones is 1. The molecule has 27 heavy (non-hydrogen) atoms. The van der Waals surface area contributed by atoms with Gasteiger partial charge in [0.05, 0.1) is 11.6 Å². The van der Waals surface area contributed by atoms with E-state index in [1.54, 1.807) is 26.0 Å². The van der Waals surface area contributed by atoms with Gasteiger partial charge in [0.1, 0.15) is 11.7 Å². The molecule has 3 rings (SSSR count). The van der Waals surface area contributed by atoms with Crippen LogP contribution >= 0.6 is 11.6 Å². The lowest BCUT2D eigenvalue weighted by molar-refractivity contribution is -0.151. The van der Waals surface area contributed by atoms with Crippen LogP contribution in [0.5, 0.6) is 0 Å². The number of rotatable bonds is 4. The van der Waals surface area contributed by atoms with E-state index >= 15 is 0 Å². The van der Waals surface area contributed by atoms with Crippen LogP contribution in [0.4, 0.5) is 4.39 Å². The summed E-state index contributed by atoms with van der Waals surface area (Å²) in [6, 6.07) is 10.3. The highest BCUT2D eigenvalue weighted by Gasteiger charge is 2.33. The van der Waals surface area contributed by atoms with Crippen LogP contribution in [-0.4, -0.2) is 18.4 Å². The van der Waals surface area contributed by atoms with Crippen LogP contribution in [0.2, 0.25) is 5.02 Å². The molecule has 0 aromatic heterocycles. The SMILES string of the molecule is CCOC(=O)C1Cc2ccc(/C=C(\C)c3c(F)cccc3Cl)cc2CC1=O. The van der Waals surface area contributed by atoms with Crippen LogP contribution in [0.1, 0.15) is 36.1 Å². The molecule has 0 N–H and O–H groups in total. The van der Waals surface area contributed by atoms with E-state index in [1.807, 2.05) is 24.3 Å². The van der Waals surface area contributed by atoms with Crippen LogP contribution in [0, 0.1) is 11.7 Å². The van der Waals surface area contributed by atoms with E-state index in [9.17, 15) is 14.0 Å². The lowest BCUT2D eigenvalue weighted by atomic mass is 9.82. The Morgan fingerprint density at radius 2 is 2.07 bits per heavy atom. The first-order valence-electron chi connectivity index (χ1n) is 8.84. The van der Waals surface area contributed by atoms with Crippen molar-refractivity contribution in [1.82, 2.24) is 0 Å². The fourth-order valence-corrected chi connectivity index (χ4v) is 3.71. The molecule has 1 aliphatic rings. The summed E-state index contributed by atoms with van der Waals surface area (Å²) >= 11 is 6.13. The van der Waals surface area contributed by atoms with Crippen molar-refractivity contribution < 1.29 is 18.7 Å². The number of carbonyl (C=O) groups is 2. The molecule has 2 aromatic rings. The average Bonchev–Trinajstić information content (AvgIpc) is 2.61. The first-order valence-corrected chi connectivity index (χ1v) is 9.22. The monoisotopic (exact) mass is 386 g/mol. The molecule has 0 bridgehead atoms. The van der Waals surface area contributed by atoms with E-state index < -0.39 is 11.9 Å². The van der Waals surface area contributed by atoms with E-state index in [-0.39, 0.29) is 24.6 Å². The molecule has 140 valence electrons. The zero-order valence-corrected chi connectivity index (χ0v) is 16.0. The summed E-state index contributed by atoms with van der Waals surface area (Å²) < 4.78 is 19.1. The van der Waals surface area contributed by atoms with Gasteiger partial charge < -0.3 is 4.74 Å². The summed E-state index contributed by atoms with van der Waals surface area (Å²) in [4.78, 5) is 24.3. The number of Topliss-reactive ketones (excluding diaryl/α,β-unsaturated/α-hetero) is 1. The molecular weight excluding hydrogens is 367 g/mol. The molecule has 2 aromatic carbocycles. The Hall–Kier alpha value is -2.46. The molecule has 0 saturated carbocycles. The van der Waals surface area contributed by atoms with Gasteiger partial charge in [0.25, 0.3) is 0 Å². The minimum absolute atomic E-state index is 0.129. The van der Waals surface area contributed by atoms with E-state index in [4.69, 9.17) is 16.3 Å². The maximum Gasteiger partial charge on any atom is 0.316 e. The van der Waals surface area contributed by atoms with Gasteiger partial charge in [0, 0.05) is 12.0 Å². The summed E-state index contributed by atoms with van der Waals surface area (Å²) in [6.07, 6.45) is 2.39. The number of fused-ring (bicyclic) bond motifs is 1. The average molecular weight is 387 g/mol. The van der Waals surface area contributed by atoms with Gasteiger partial charge in [-0.3, -0.25) is 9.59 Å². The van der Waals surface area contributed by atoms with Crippen molar-refractivity contribution >= 4 is 35.0 Å². The van der Waals surface area contributed by atoms with Crippen molar-refractivity contribution in [2.24, 2.45) is 5.92 Å². The second-order valence-corrected chi connectivity index (χ2v) is 7.01. The highest BCUT2D eigenvalue weighted by atomic mass is 35.5. The van der Waals surface area contributed by atoms with Crippen molar-refractivity contribution in [2.75, 3.05) is 6.61 Å². The van der Waals surface area contributed by atoms with E-state index in [0.29, 0.717) is 22.6 Å². The zero-order valence-electron chi connectivity index (χ0n) is 15.2. The lowest BCUT2D eigenvalue weighted by Gasteiger charge is -2.22. The topological polar surface area (TPSA) is 43.4 Å². The molecule has 5 heteroatoms. The number of hydrogen-bond donors (Lipinski definition) is 0. The second kappa shape index (κ2) is 8.05. The molecule has 0 aliphatic heterocycles. The third kappa shape index (κ3) is 4.11. The number of esters is 1. The van der Waals surface area contributed by atoms with Gasteiger partial charge in [-0.2, -0.15) is 0 Å².